The Kier molecular flexibility index (Phi) is 8.72. The van der Waals surface area contributed by atoms with Gasteiger partial charge in [-0.2, -0.15) is 0 Å². The van der Waals surface area contributed by atoms with Gasteiger partial charge in [0.2, 0.25) is 0 Å². The zero-order valence-electron chi connectivity index (χ0n) is 24.5. The molecule has 0 bridgehead atoms. The van der Waals surface area contributed by atoms with Gasteiger partial charge >= 0.3 is 0 Å². The van der Waals surface area contributed by atoms with Crippen LogP contribution in [0.4, 0.5) is 0 Å². The van der Waals surface area contributed by atoms with E-state index in [9.17, 15) is 4.91 Å². The van der Waals surface area contributed by atoms with Crippen LogP contribution >= 0.6 is 0 Å². The van der Waals surface area contributed by atoms with Crippen molar-refractivity contribution in [1.29, 1.82) is 5.41 Å². The zero-order valence-corrected chi connectivity index (χ0v) is 24.5. The number of hydrogen-bond donors (Lipinski definition) is 1. The predicted octanol–water partition coefficient (Wildman–Crippen LogP) is 8.24. The van der Waals surface area contributed by atoms with Crippen molar-refractivity contribution in [2.24, 2.45) is 28.3 Å². The van der Waals surface area contributed by atoms with Crippen LogP contribution in [0.15, 0.2) is 88.7 Å². The van der Waals surface area contributed by atoms with Crippen LogP contribution in [0.5, 0.6) is 0 Å². The Balaban J connectivity index is 1.43. The van der Waals surface area contributed by atoms with Crippen LogP contribution in [0.3, 0.4) is 0 Å². The quantitative estimate of drug-likeness (QED) is 0.182. The number of allylic oxidation sites excluding steroid dienone is 10. The highest BCUT2D eigenvalue weighted by Gasteiger charge is 2.60. The Morgan fingerprint density at radius 3 is 2.77 bits per heavy atom. The molecule has 2 unspecified atom stereocenters. The van der Waals surface area contributed by atoms with Crippen molar-refractivity contribution < 1.29 is 4.74 Å². The molecule has 6 atom stereocenters. The Hall–Kier alpha value is -2.63. The molecule has 1 saturated heterocycles. The molecule has 5 nitrogen and oxygen atoms in total. The van der Waals surface area contributed by atoms with Crippen LogP contribution < -0.4 is 0 Å². The Labute approximate surface area is 241 Å². The van der Waals surface area contributed by atoms with Gasteiger partial charge in [-0.3, -0.25) is 4.90 Å². The SMILES string of the molecule is C=C(/C=C\CC)/C=C\C(=C/C(=C)C=N)[C@H]1CCC2[C@]1(C)CC=C1C=C3CC[C@@H](N4CCOC4)CC3CC[C@@]12N=O. The van der Waals surface area contributed by atoms with Crippen molar-refractivity contribution in [2.75, 3.05) is 19.9 Å². The number of nitrogens with zero attached hydrogens (tertiary/aromatic N) is 2. The maximum Gasteiger partial charge on any atom is 0.130 e. The van der Waals surface area contributed by atoms with Gasteiger partial charge in [0.05, 0.1) is 13.3 Å². The molecule has 5 heteroatoms. The van der Waals surface area contributed by atoms with E-state index in [1.165, 1.54) is 35.8 Å². The van der Waals surface area contributed by atoms with Gasteiger partial charge in [-0.15, -0.1) is 4.91 Å². The highest BCUT2D eigenvalue weighted by atomic mass is 16.5. The van der Waals surface area contributed by atoms with E-state index in [0.29, 0.717) is 17.5 Å². The van der Waals surface area contributed by atoms with E-state index in [1.54, 1.807) is 0 Å². The number of rotatable bonds is 9. The molecule has 2 saturated carbocycles. The van der Waals surface area contributed by atoms with Crippen molar-refractivity contribution in [2.45, 2.75) is 83.2 Å². The summed E-state index contributed by atoms with van der Waals surface area (Å²) < 4.78 is 5.66. The number of hydrogen-bond acceptors (Lipinski definition) is 5. The van der Waals surface area contributed by atoms with Crippen LogP contribution in [0.2, 0.25) is 0 Å². The van der Waals surface area contributed by atoms with Crippen molar-refractivity contribution in [3.8, 4) is 0 Å². The molecular weight excluding hydrogens is 494 g/mol. The molecule has 5 rings (SSSR count). The fraction of sp³-hybridized carbons (Fsp3) is 0.571. The molecule has 1 heterocycles. The van der Waals surface area contributed by atoms with Crippen molar-refractivity contribution in [1.82, 2.24) is 4.90 Å². The summed E-state index contributed by atoms with van der Waals surface area (Å²) in [6, 6.07) is 0.586. The lowest BCUT2D eigenvalue weighted by Crippen LogP contribution is -2.48. The van der Waals surface area contributed by atoms with Gasteiger partial charge in [-0.1, -0.05) is 80.3 Å². The van der Waals surface area contributed by atoms with Crippen LogP contribution in [-0.2, 0) is 4.74 Å². The van der Waals surface area contributed by atoms with E-state index in [4.69, 9.17) is 10.1 Å². The molecule has 5 aliphatic rings. The van der Waals surface area contributed by atoms with Gasteiger partial charge in [-0.25, -0.2) is 0 Å². The maximum atomic E-state index is 13.0. The number of nitrogens with one attached hydrogen (secondary N) is 1. The second-order valence-corrected chi connectivity index (χ2v) is 12.9. The largest absolute Gasteiger partial charge is 0.365 e. The summed E-state index contributed by atoms with van der Waals surface area (Å²) in [4.78, 5) is 15.5. The highest BCUT2D eigenvalue weighted by Crippen LogP contribution is 2.64. The van der Waals surface area contributed by atoms with Gasteiger partial charge in [0.15, 0.2) is 0 Å². The number of nitroso groups, excluding NO2 is 1. The smallest absolute Gasteiger partial charge is 0.130 e. The van der Waals surface area contributed by atoms with E-state index in [0.717, 1.165) is 70.4 Å². The van der Waals surface area contributed by atoms with Crippen LogP contribution in [0.25, 0.3) is 0 Å². The molecule has 1 aliphatic heterocycles. The molecule has 3 fully saturated rings. The summed E-state index contributed by atoms with van der Waals surface area (Å²) in [6.45, 7) is 15.4. The lowest BCUT2D eigenvalue weighted by molar-refractivity contribution is 0.0888. The first-order chi connectivity index (χ1) is 19.3. The summed E-state index contributed by atoms with van der Waals surface area (Å²) >= 11 is 0. The summed E-state index contributed by atoms with van der Waals surface area (Å²) in [6.07, 6.45) is 25.8. The standard InChI is InChI=1S/C35H47N3O2/c1-5-6-7-25(2)8-9-29(20-26(3)23-36)32-12-13-33-34(32,4)16-15-30-21-27-10-11-31(38-18-19-40-24-38)22-28(27)14-17-35(30,33)37-39/h6-9,15,20-21,23,28,31-33,36H,2-3,5,10-14,16-19,22,24H2,1,4H3/b7-6-,9-8-,29-20+,36-23?/t28?,31-,32-,33?,34-,35-/m1/s1. The minimum absolute atomic E-state index is 0.0834. The predicted molar refractivity (Wildman–Crippen MR) is 165 cm³/mol. The molecule has 0 amide bonds. The Morgan fingerprint density at radius 1 is 1.20 bits per heavy atom. The first-order valence-electron chi connectivity index (χ1n) is 15.4. The minimum atomic E-state index is -0.654. The monoisotopic (exact) mass is 541 g/mol. The van der Waals surface area contributed by atoms with Crippen LogP contribution in [0.1, 0.15) is 71.6 Å². The van der Waals surface area contributed by atoms with Gasteiger partial charge in [0.25, 0.3) is 0 Å². The summed E-state index contributed by atoms with van der Waals surface area (Å²) in [5.74, 6) is 1.00. The summed E-state index contributed by atoms with van der Waals surface area (Å²) in [5, 5.41) is 11.8. The fourth-order valence-electron chi connectivity index (χ4n) is 8.54. The minimum Gasteiger partial charge on any atom is -0.365 e. The van der Waals surface area contributed by atoms with Gasteiger partial charge in [0, 0.05) is 18.8 Å². The molecule has 0 aromatic rings. The molecule has 0 radical (unpaired) electrons. The van der Waals surface area contributed by atoms with Gasteiger partial charge in [0.1, 0.15) is 5.54 Å². The molecule has 214 valence electrons. The number of fused-ring (bicyclic) bond motifs is 4. The molecule has 4 aliphatic carbocycles. The molecule has 0 aromatic heterocycles. The van der Waals surface area contributed by atoms with E-state index in [-0.39, 0.29) is 17.3 Å². The molecule has 1 N–H and O–H groups in total. The lowest BCUT2D eigenvalue weighted by atomic mass is 9.56. The second-order valence-electron chi connectivity index (χ2n) is 12.9. The second kappa shape index (κ2) is 12.1. The zero-order chi connectivity index (χ0) is 28.3. The van der Waals surface area contributed by atoms with Crippen molar-refractivity contribution >= 4 is 6.21 Å². The molecule has 40 heavy (non-hydrogen) atoms. The lowest BCUT2D eigenvalue weighted by Gasteiger charge is -2.48. The number of ether oxygens (including phenoxy) is 1. The Morgan fingerprint density at radius 2 is 2.05 bits per heavy atom. The molecular formula is C35H47N3O2. The van der Waals surface area contributed by atoms with Gasteiger partial charge < -0.3 is 10.1 Å². The van der Waals surface area contributed by atoms with Crippen LogP contribution in [0, 0.1) is 33.5 Å². The van der Waals surface area contributed by atoms with Crippen molar-refractivity contribution in [3.63, 3.8) is 0 Å². The summed E-state index contributed by atoms with van der Waals surface area (Å²) in [7, 11) is 0. The summed E-state index contributed by atoms with van der Waals surface area (Å²) in [5.41, 5.74) is 4.82. The van der Waals surface area contributed by atoms with E-state index in [2.05, 4.69) is 79.6 Å². The van der Waals surface area contributed by atoms with Crippen molar-refractivity contribution in [3.05, 3.63) is 88.5 Å². The normalized spacial score (nSPS) is 36.4. The Bertz CT molecular complexity index is 1180. The molecule has 0 spiro atoms. The third-order valence-electron chi connectivity index (χ3n) is 10.7. The third-order valence-corrected chi connectivity index (χ3v) is 10.7. The van der Waals surface area contributed by atoms with E-state index in [1.807, 2.05) is 0 Å². The van der Waals surface area contributed by atoms with E-state index < -0.39 is 5.54 Å². The van der Waals surface area contributed by atoms with Crippen LogP contribution in [-0.4, -0.2) is 42.6 Å². The third kappa shape index (κ3) is 5.35. The average Bonchev–Trinajstić information content (AvgIpc) is 3.59. The fourth-order valence-corrected chi connectivity index (χ4v) is 8.54. The first-order valence-corrected chi connectivity index (χ1v) is 15.4. The maximum absolute atomic E-state index is 13.0. The first kappa shape index (κ1) is 28.9. The van der Waals surface area contributed by atoms with Gasteiger partial charge in [-0.05, 0) is 103 Å². The average molecular weight is 542 g/mol. The molecule has 0 aromatic carbocycles. The topological polar surface area (TPSA) is 65.8 Å². The highest BCUT2D eigenvalue weighted by molar-refractivity contribution is 5.79. The van der Waals surface area contributed by atoms with E-state index >= 15 is 0 Å².